The van der Waals surface area contributed by atoms with Gasteiger partial charge in [-0.1, -0.05) is 60.1 Å². The van der Waals surface area contributed by atoms with E-state index < -0.39 is 0 Å². The van der Waals surface area contributed by atoms with Gasteiger partial charge in [0, 0.05) is 10.9 Å². The number of fused-ring (bicyclic) bond motifs is 1. The lowest BCUT2D eigenvalue weighted by atomic mass is 9.97. The van der Waals surface area contributed by atoms with Crippen molar-refractivity contribution in [1.82, 2.24) is 4.98 Å². The van der Waals surface area contributed by atoms with Crippen LogP contribution in [0.3, 0.4) is 0 Å². The van der Waals surface area contributed by atoms with E-state index >= 15 is 0 Å². The van der Waals surface area contributed by atoms with Crippen LogP contribution in [0.1, 0.15) is 5.56 Å². The first-order chi connectivity index (χ1) is 9.31. The lowest BCUT2D eigenvalue weighted by molar-refractivity contribution is 1.30. The van der Waals surface area contributed by atoms with Gasteiger partial charge in [0.25, 0.3) is 0 Å². The number of hydrogen-bond donors (Lipinski definition) is 0. The number of rotatable bonds is 2. The Hall–Kier alpha value is -1.57. The minimum absolute atomic E-state index is 0.348. The summed E-state index contributed by atoms with van der Waals surface area (Å²) in [7, 11) is 0. The van der Waals surface area contributed by atoms with Gasteiger partial charge in [-0.2, -0.15) is 0 Å². The van der Waals surface area contributed by atoms with E-state index in [1.165, 1.54) is 0 Å². The maximum absolute atomic E-state index is 6.26. The number of pyridine rings is 1. The first kappa shape index (κ1) is 12.5. The minimum atomic E-state index is 0.348. The standard InChI is InChI=1S/C16H11Cl2N/c17-10-13-15(11-6-2-1-3-7-11)12-8-4-5-9-14(12)19-16(13)18/h1-9H,10H2. The van der Waals surface area contributed by atoms with Crippen molar-refractivity contribution in [3.8, 4) is 11.1 Å². The van der Waals surface area contributed by atoms with Crippen LogP contribution in [0.15, 0.2) is 54.6 Å². The lowest BCUT2D eigenvalue weighted by Gasteiger charge is -2.12. The van der Waals surface area contributed by atoms with Crippen LogP contribution < -0.4 is 0 Å². The molecule has 2 aromatic carbocycles. The third-order valence-electron chi connectivity index (χ3n) is 3.14. The van der Waals surface area contributed by atoms with Crippen LogP contribution >= 0.6 is 23.2 Å². The number of nitrogens with zero attached hydrogens (tertiary/aromatic N) is 1. The summed E-state index contributed by atoms with van der Waals surface area (Å²) >= 11 is 12.3. The summed E-state index contributed by atoms with van der Waals surface area (Å²) in [5.41, 5.74) is 3.96. The molecule has 0 aliphatic carbocycles. The van der Waals surface area contributed by atoms with Crippen molar-refractivity contribution >= 4 is 34.1 Å². The molecule has 1 aromatic heterocycles. The fourth-order valence-electron chi connectivity index (χ4n) is 2.28. The second-order valence-corrected chi connectivity index (χ2v) is 4.90. The summed E-state index contributed by atoms with van der Waals surface area (Å²) in [4.78, 5) is 4.41. The van der Waals surface area contributed by atoms with E-state index in [-0.39, 0.29) is 0 Å². The van der Waals surface area contributed by atoms with Gasteiger partial charge in [0.15, 0.2) is 0 Å². The Bertz CT molecular complexity index is 723. The first-order valence-electron chi connectivity index (χ1n) is 6.00. The highest BCUT2D eigenvalue weighted by Gasteiger charge is 2.14. The van der Waals surface area contributed by atoms with Gasteiger partial charge >= 0.3 is 0 Å². The Morgan fingerprint density at radius 3 is 2.32 bits per heavy atom. The molecular formula is C16H11Cl2N. The Balaban J connectivity index is 2.43. The molecule has 0 N–H and O–H groups in total. The summed E-state index contributed by atoms with van der Waals surface area (Å²) in [6, 6.07) is 18.1. The molecule has 1 nitrogen and oxygen atoms in total. The van der Waals surface area contributed by atoms with Crippen molar-refractivity contribution in [3.05, 3.63) is 65.3 Å². The zero-order valence-corrected chi connectivity index (χ0v) is 11.6. The molecule has 0 unspecified atom stereocenters. The van der Waals surface area contributed by atoms with Crippen LogP contribution in [-0.2, 0) is 5.88 Å². The van der Waals surface area contributed by atoms with Crippen LogP contribution in [0.5, 0.6) is 0 Å². The largest absolute Gasteiger partial charge is 0.236 e. The second-order valence-electron chi connectivity index (χ2n) is 4.27. The van der Waals surface area contributed by atoms with Gasteiger partial charge in [-0.3, -0.25) is 0 Å². The summed E-state index contributed by atoms with van der Waals surface area (Å²) < 4.78 is 0. The van der Waals surface area contributed by atoms with E-state index in [1.807, 2.05) is 36.4 Å². The Morgan fingerprint density at radius 2 is 1.58 bits per heavy atom. The van der Waals surface area contributed by atoms with Crippen LogP contribution in [0.4, 0.5) is 0 Å². The van der Waals surface area contributed by atoms with Gasteiger partial charge in [0.2, 0.25) is 0 Å². The molecule has 0 saturated heterocycles. The van der Waals surface area contributed by atoms with Gasteiger partial charge in [0.1, 0.15) is 5.15 Å². The van der Waals surface area contributed by atoms with E-state index in [4.69, 9.17) is 23.2 Å². The molecule has 3 aromatic rings. The van der Waals surface area contributed by atoms with Crippen LogP contribution in [0.25, 0.3) is 22.0 Å². The average molecular weight is 288 g/mol. The van der Waals surface area contributed by atoms with Crippen LogP contribution in [0.2, 0.25) is 5.15 Å². The molecule has 0 bridgehead atoms. The summed E-state index contributed by atoms with van der Waals surface area (Å²) in [5.74, 6) is 0.348. The Labute approximate surface area is 121 Å². The molecule has 0 amide bonds. The monoisotopic (exact) mass is 287 g/mol. The van der Waals surface area contributed by atoms with Crippen molar-refractivity contribution < 1.29 is 0 Å². The minimum Gasteiger partial charge on any atom is -0.236 e. The number of benzene rings is 2. The highest BCUT2D eigenvalue weighted by atomic mass is 35.5. The molecule has 1 heterocycles. The van der Waals surface area contributed by atoms with Crippen molar-refractivity contribution in [2.45, 2.75) is 5.88 Å². The van der Waals surface area contributed by atoms with E-state index in [9.17, 15) is 0 Å². The van der Waals surface area contributed by atoms with E-state index in [1.54, 1.807) is 0 Å². The van der Waals surface area contributed by atoms with Gasteiger partial charge in [-0.15, -0.1) is 11.6 Å². The van der Waals surface area contributed by atoms with Gasteiger partial charge in [-0.05, 0) is 17.2 Å². The van der Waals surface area contributed by atoms with Crippen molar-refractivity contribution in [1.29, 1.82) is 0 Å². The molecule has 3 rings (SSSR count). The molecule has 0 radical (unpaired) electrons. The first-order valence-corrected chi connectivity index (χ1v) is 6.91. The molecule has 19 heavy (non-hydrogen) atoms. The SMILES string of the molecule is ClCc1c(Cl)nc2ccccc2c1-c1ccccc1. The molecule has 0 fully saturated rings. The zero-order chi connectivity index (χ0) is 13.2. The van der Waals surface area contributed by atoms with Crippen LogP contribution in [0, 0.1) is 0 Å². The van der Waals surface area contributed by atoms with Gasteiger partial charge in [-0.25, -0.2) is 4.98 Å². The van der Waals surface area contributed by atoms with E-state index in [2.05, 4.69) is 23.2 Å². The highest BCUT2D eigenvalue weighted by Crippen LogP contribution is 2.35. The predicted octanol–water partition coefficient (Wildman–Crippen LogP) is 5.29. The maximum Gasteiger partial charge on any atom is 0.134 e. The molecule has 94 valence electrons. The second kappa shape index (κ2) is 5.20. The molecule has 3 heteroatoms. The molecule has 0 spiro atoms. The molecule has 0 aliphatic heterocycles. The topological polar surface area (TPSA) is 12.9 Å². The molecule has 0 saturated carbocycles. The van der Waals surface area contributed by atoms with Gasteiger partial charge < -0.3 is 0 Å². The number of para-hydroxylation sites is 1. The average Bonchev–Trinajstić information content (AvgIpc) is 2.46. The molecule has 0 aliphatic rings. The van der Waals surface area contributed by atoms with Crippen molar-refractivity contribution in [2.24, 2.45) is 0 Å². The Morgan fingerprint density at radius 1 is 0.895 bits per heavy atom. The number of alkyl halides is 1. The summed E-state index contributed by atoms with van der Waals surface area (Å²) in [6.45, 7) is 0. The quantitative estimate of drug-likeness (QED) is 0.461. The molecular weight excluding hydrogens is 277 g/mol. The maximum atomic E-state index is 6.26. The number of hydrogen-bond acceptors (Lipinski definition) is 1. The number of halogens is 2. The fourth-order valence-corrected chi connectivity index (χ4v) is 2.86. The number of aromatic nitrogens is 1. The molecule has 0 atom stereocenters. The fraction of sp³-hybridized carbons (Fsp3) is 0.0625. The normalized spacial score (nSPS) is 10.8. The highest BCUT2D eigenvalue weighted by molar-refractivity contribution is 6.32. The third-order valence-corrected chi connectivity index (χ3v) is 3.72. The van der Waals surface area contributed by atoms with E-state index in [0.717, 1.165) is 27.6 Å². The Kier molecular flexibility index (Phi) is 3.41. The van der Waals surface area contributed by atoms with Crippen molar-refractivity contribution in [2.75, 3.05) is 0 Å². The summed E-state index contributed by atoms with van der Waals surface area (Å²) in [6.07, 6.45) is 0. The zero-order valence-electron chi connectivity index (χ0n) is 10.1. The third kappa shape index (κ3) is 2.20. The van der Waals surface area contributed by atoms with Crippen molar-refractivity contribution in [3.63, 3.8) is 0 Å². The summed E-state index contributed by atoms with van der Waals surface area (Å²) in [5, 5.41) is 1.56. The van der Waals surface area contributed by atoms with E-state index in [0.29, 0.717) is 11.0 Å². The lowest BCUT2D eigenvalue weighted by Crippen LogP contribution is -1.94. The van der Waals surface area contributed by atoms with Gasteiger partial charge in [0.05, 0.1) is 11.4 Å². The van der Waals surface area contributed by atoms with Crippen LogP contribution in [-0.4, -0.2) is 4.98 Å². The smallest absolute Gasteiger partial charge is 0.134 e. The predicted molar refractivity (Wildman–Crippen MR) is 81.7 cm³/mol.